The van der Waals surface area contributed by atoms with Crippen molar-refractivity contribution in [1.29, 1.82) is 0 Å². The fraction of sp³-hybridized carbons (Fsp3) is 0.500. The molecule has 6 heteroatoms. The molecule has 1 spiro atoms. The Morgan fingerprint density at radius 2 is 2.04 bits per heavy atom. The van der Waals surface area contributed by atoms with E-state index in [-0.39, 0.29) is 23.3 Å². The Balaban J connectivity index is 1.63. The van der Waals surface area contributed by atoms with Gasteiger partial charge in [0.25, 0.3) is 5.56 Å². The lowest BCUT2D eigenvalue weighted by molar-refractivity contribution is -0.115. The second-order valence-corrected chi connectivity index (χ2v) is 7.70. The minimum absolute atomic E-state index is 0.161. The average Bonchev–Trinajstić information content (AvgIpc) is 3.10. The highest BCUT2D eigenvalue weighted by Gasteiger charge is 2.53. The molecule has 0 amide bonds. The molecule has 1 aliphatic heterocycles. The summed E-state index contributed by atoms with van der Waals surface area (Å²) in [4.78, 5) is 17.0. The lowest BCUT2D eigenvalue weighted by Crippen LogP contribution is -2.60. The summed E-state index contributed by atoms with van der Waals surface area (Å²) in [6, 6.07) is 7.46. The molecule has 2 heterocycles. The van der Waals surface area contributed by atoms with Gasteiger partial charge >= 0.3 is 0 Å². The SMILES string of the molecule is O=c1cc(-c2cccc(F)c2)ncn1C[C@]1(O)CCNCC12CCCC2. The van der Waals surface area contributed by atoms with Gasteiger partial charge in [-0.3, -0.25) is 9.36 Å². The van der Waals surface area contributed by atoms with Crippen LogP contribution in [0.2, 0.25) is 0 Å². The molecule has 0 radical (unpaired) electrons. The summed E-state index contributed by atoms with van der Waals surface area (Å²) in [5.74, 6) is -0.360. The van der Waals surface area contributed by atoms with Gasteiger partial charge in [-0.05, 0) is 37.9 Å². The fourth-order valence-corrected chi connectivity index (χ4v) is 4.63. The highest BCUT2D eigenvalue weighted by atomic mass is 19.1. The van der Waals surface area contributed by atoms with Crippen molar-refractivity contribution in [2.75, 3.05) is 13.1 Å². The van der Waals surface area contributed by atoms with E-state index >= 15 is 0 Å². The topological polar surface area (TPSA) is 67.2 Å². The first-order valence-electron chi connectivity index (χ1n) is 9.27. The molecular formula is C20H24FN3O2. The number of aliphatic hydroxyl groups is 1. The largest absolute Gasteiger partial charge is 0.387 e. The molecule has 1 saturated heterocycles. The van der Waals surface area contributed by atoms with Crippen LogP contribution in [0.5, 0.6) is 0 Å². The Morgan fingerprint density at radius 3 is 2.77 bits per heavy atom. The standard InChI is InChI=1S/C20H24FN3O2/c21-16-5-3-4-15(10-16)17-11-18(25)24(14-23-17)13-20(26)8-9-22-12-19(20)6-1-2-7-19/h3-5,10-11,14,22,26H,1-2,6-9,12-13H2/t20-/m1/s1. The van der Waals surface area contributed by atoms with Crippen molar-refractivity contribution in [3.8, 4) is 11.3 Å². The van der Waals surface area contributed by atoms with Gasteiger partial charge < -0.3 is 10.4 Å². The zero-order valence-corrected chi connectivity index (χ0v) is 14.7. The van der Waals surface area contributed by atoms with Gasteiger partial charge in [-0.1, -0.05) is 25.0 Å². The van der Waals surface area contributed by atoms with E-state index < -0.39 is 5.60 Å². The van der Waals surface area contributed by atoms with E-state index in [0.29, 0.717) is 17.7 Å². The number of hydrogen-bond donors (Lipinski definition) is 2. The van der Waals surface area contributed by atoms with Crippen LogP contribution in [0.25, 0.3) is 11.3 Å². The van der Waals surface area contributed by atoms with E-state index in [2.05, 4.69) is 10.3 Å². The van der Waals surface area contributed by atoms with Gasteiger partial charge in [-0.2, -0.15) is 0 Å². The average molecular weight is 357 g/mol. The maximum atomic E-state index is 13.4. The fourth-order valence-electron chi connectivity index (χ4n) is 4.63. The first-order valence-corrected chi connectivity index (χ1v) is 9.27. The molecule has 2 fully saturated rings. The second-order valence-electron chi connectivity index (χ2n) is 7.70. The molecule has 2 aliphatic rings. The quantitative estimate of drug-likeness (QED) is 0.885. The van der Waals surface area contributed by atoms with Crippen molar-refractivity contribution < 1.29 is 9.50 Å². The summed E-state index contributed by atoms with van der Waals surface area (Å²) in [5.41, 5.74) is -0.271. The number of rotatable bonds is 3. The molecule has 1 aromatic heterocycles. The second kappa shape index (κ2) is 6.59. The molecule has 1 aromatic carbocycles. The molecule has 2 N–H and O–H groups in total. The minimum Gasteiger partial charge on any atom is -0.387 e. The minimum atomic E-state index is -0.902. The lowest BCUT2D eigenvalue weighted by Gasteiger charge is -2.49. The lowest BCUT2D eigenvalue weighted by atomic mass is 9.66. The zero-order chi connectivity index (χ0) is 18.2. The van der Waals surface area contributed by atoms with Crippen molar-refractivity contribution in [1.82, 2.24) is 14.9 Å². The summed E-state index contributed by atoms with van der Waals surface area (Å²) in [5, 5.41) is 14.9. The third kappa shape index (κ3) is 2.97. The zero-order valence-electron chi connectivity index (χ0n) is 14.7. The van der Waals surface area contributed by atoms with Gasteiger partial charge in [-0.25, -0.2) is 9.37 Å². The Morgan fingerprint density at radius 1 is 1.23 bits per heavy atom. The third-order valence-electron chi connectivity index (χ3n) is 6.16. The molecular weight excluding hydrogens is 333 g/mol. The number of nitrogens with one attached hydrogen (secondary N) is 1. The molecule has 4 rings (SSSR count). The number of hydrogen-bond acceptors (Lipinski definition) is 4. The van der Waals surface area contributed by atoms with Crippen LogP contribution in [0, 0.1) is 11.2 Å². The Bertz CT molecular complexity index is 860. The van der Waals surface area contributed by atoms with Crippen LogP contribution in [-0.4, -0.2) is 33.3 Å². The number of halogens is 1. The summed E-state index contributed by atoms with van der Waals surface area (Å²) in [6.07, 6.45) is 6.32. The highest BCUT2D eigenvalue weighted by Crippen LogP contribution is 2.49. The summed E-state index contributed by atoms with van der Waals surface area (Å²) in [6.45, 7) is 1.80. The van der Waals surface area contributed by atoms with Crippen molar-refractivity contribution in [3.05, 3.63) is 52.8 Å². The number of nitrogens with zero attached hydrogens (tertiary/aromatic N) is 2. The Labute approximate surface area is 151 Å². The molecule has 5 nitrogen and oxygen atoms in total. The molecule has 26 heavy (non-hydrogen) atoms. The Kier molecular flexibility index (Phi) is 4.40. The molecule has 138 valence electrons. The summed E-state index contributed by atoms with van der Waals surface area (Å²) < 4.78 is 14.9. The van der Waals surface area contributed by atoms with Crippen LogP contribution >= 0.6 is 0 Å². The maximum absolute atomic E-state index is 13.4. The van der Waals surface area contributed by atoms with Crippen LogP contribution in [0.1, 0.15) is 32.1 Å². The van der Waals surface area contributed by atoms with E-state index in [1.54, 1.807) is 12.1 Å². The normalized spacial score (nSPS) is 24.8. The summed E-state index contributed by atoms with van der Waals surface area (Å²) >= 11 is 0. The number of aromatic nitrogens is 2. The molecule has 0 bridgehead atoms. The molecule has 2 aromatic rings. The van der Waals surface area contributed by atoms with E-state index in [1.807, 2.05) is 0 Å². The van der Waals surface area contributed by atoms with Crippen molar-refractivity contribution >= 4 is 0 Å². The smallest absolute Gasteiger partial charge is 0.253 e. The molecule has 1 aliphatic carbocycles. The third-order valence-corrected chi connectivity index (χ3v) is 6.16. The molecule has 1 saturated carbocycles. The van der Waals surface area contributed by atoms with Gasteiger partial charge in [0.2, 0.25) is 0 Å². The van der Waals surface area contributed by atoms with Crippen LogP contribution in [-0.2, 0) is 6.54 Å². The summed E-state index contributed by atoms with van der Waals surface area (Å²) in [7, 11) is 0. The van der Waals surface area contributed by atoms with E-state index in [9.17, 15) is 14.3 Å². The van der Waals surface area contributed by atoms with E-state index in [4.69, 9.17) is 0 Å². The van der Waals surface area contributed by atoms with Crippen LogP contribution in [0.3, 0.4) is 0 Å². The van der Waals surface area contributed by atoms with Gasteiger partial charge in [0.1, 0.15) is 5.82 Å². The van der Waals surface area contributed by atoms with Crippen LogP contribution < -0.4 is 10.9 Å². The predicted octanol–water partition coefficient (Wildman–Crippen LogP) is 2.33. The molecule has 0 unspecified atom stereocenters. The first-order chi connectivity index (χ1) is 12.5. The van der Waals surface area contributed by atoms with Crippen molar-refractivity contribution in [2.45, 2.75) is 44.2 Å². The Hall–Kier alpha value is -2.05. The van der Waals surface area contributed by atoms with Gasteiger partial charge in [0.15, 0.2) is 0 Å². The maximum Gasteiger partial charge on any atom is 0.253 e. The van der Waals surface area contributed by atoms with Crippen LogP contribution in [0.4, 0.5) is 4.39 Å². The van der Waals surface area contributed by atoms with Gasteiger partial charge in [0, 0.05) is 23.6 Å². The monoisotopic (exact) mass is 357 g/mol. The first kappa shape index (κ1) is 17.4. The molecule has 1 atom stereocenters. The van der Waals surface area contributed by atoms with E-state index in [1.165, 1.54) is 29.1 Å². The number of benzene rings is 1. The van der Waals surface area contributed by atoms with Gasteiger partial charge in [-0.15, -0.1) is 0 Å². The van der Waals surface area contributed by atoms with E-state index in [0.717, 1.165) is 38.8 Å². The van der Waals surface area contributed by atoms with Gasteiger partial charge in [0.05, 0.1) is 24.2 Å². The highest BCUT2D eigenvalue weighted by molar-refractivity contribution is 5.58. The van der Waals surface area contributed by atoms with Crippen molar-refractivity contribution in [3.63, 3.8) is 0 Å². The number of piperidine rings is 1. The predicted molar refractivity (Wildman–Crippen MR) is 97.2 cm³/mol. The van der Waals surface area contributed by atoms with Crippen molar-refractivity contribution in [2.24, 2.45) is 5.41 Å². The van der Waals surface area contributed by atoms with Crippen LogP contribution in [0.15, 0.2) is 41.5 Å².